The van der Waals surface area contributed by atoms with E-state index in [1.165, 1.54) is 0 Å². The first-order valence-electron chi connectivity index (χ1n) is 7.13. The number of halogens is 1. The van der Waals surface area contributed by atoms with Crippen molar-refractivity contribution < 1.29 is 18.7 Å². The first kappa shape index (κ1) is 15.6. The molecule has 0 saturated carbocycles. The lowest BCUT2D eigenvalue weighted by atomic mass is 10.2. The second-order valence-corrected chi connectivity index (χ2v) is 5.88. The predicted octanol–water partition coefficient (Wildman–Crippen LogP) is 3.43. The number of amides is 2. The molecule has 1 N–H and O–H groups in total. The van der Waals surface area contributed by atoms with Crippen molar-refractivity contribution in [3.8, 4) is 5.75 Å². The molecule has 1 aromatic carbocycles. The Kier molecular flexibility index (Phi) is 4.38. The van der Waals surface area contributed by atoms with E-state index >= 15 is 0 Å². The summed E-state index contributed by atoms with van der Waals surface area (Å²) < 4.78 is 11.0. The van der Waals surface area contributed by atoms with Gasteiger partial charge >= 0.3 is 0 Å². The fourth-order valence-corrected chi connectivity index (χ4v) is 2.82. The smallest absolute Gasteiger partial charge is 0.291 e. The number of nitrogens with zero attached hydrogens (tertiary/aromatic N) is 1. The van der Waals surface area contributed by atoms with Crippen LogP contribution in [0.15, 0.2) is 39.4 Å². The van der Waals surface area contributed by atoms with Gasteiger partial charge in [-0.05, 0) is 52.7 Å². The van der Waals surface area contributed by atoms with Crippen LogP contribution >= 0.6 is 15.9 Å². The van der Waals surface area contributed by atoms with E-state index in [4.69, 9.17) is 9.15 Å². The molecule has 1 aliphatic heterocycles. The molecule has 0 atom stereocenters. The molecule has 1 aliphatic rings. The normalized spacial score (nSPS) is 14.2. The van der Waals surface area contributed by atoms with Gasteiger partial charge in [-0.2, -0.15) is 0 Å². The van der Waals surface area contributed by atoms with Gasteiger partial charge in [0.1, 0.15) is 5.75 Å². The Balaban J connectivity index is 1.85. The minimum atomic E-state index is -0.362. The lowest BCUT2D eigenvalue weighted by Crippen LogP contribution is -2.24. The number of nitrogens with one attached hydrogen (secondary N) is 1. The minimum absolute atomic E-state index is 0.0572. The molecule has 2 heterocycles. The van der Waals surface area contributed by atoms with Gasteiger partial charge in [0.2, 0.25) is 5.91 Å². The highest BCUT2D eigenvalue weighted by molar-refractivity contribution is 9.10. The molecular formula is C16H15BrN2O4. The summed E-state index contributed by atoms with van der Waals surface area (Å²) in [6, 6.07) is 8.41. The second kappa shape index (κ2) is 6.45. The summed E-state index contributed by atoms with van der Waals surface area (Å²) in [5.74, 6) is 0.492. The summed E-state index contributed by atoms with van der Waals surface area (Å²) >= 11 is 3.16. The molecule has 0 unspecified atom stereocenters. The quantitative estimate of drug-likeness (QED) is 0.884. The van der Waals surface area contributed by atoms with E-state index in [0.29, 0.717) is 34.8 Å². The van der Waals surface area contributed by atoms with Crippen molar-refractivity contribution in [2.45, 2.75) is 12.8 Å². The topological polar surface area (TPSA) is 71.8 Å². The molecule has 0 spiro atoms. The van der Waals surface area contributed by atoms with Crippen molar-refractivity contribution in [3.05, 3.63) is 40.8 Å². The van der Waals surface area contributed by atoms with Gasteiger partial charge in [-0.3, -0.25) is 9.59 Å². The highest BCUT2D eigenvalue weighted by Crippen LogP contribution is 2.34. The summed E-state index contributed by atoms with van der Waals surface area (Å²) in [6.45, 7) is 0.651. The number of ether oxygens (including phenoxy) is 1. The van der Waals surface area contributed by atoms with E-state index in [1.807, 2.05) is 0 Å². The van der Waals surface area contributed by atoms with Crippen LogP contribution in [0.25, 0.3) is 0 Å². The maximum Gasteiger partial charge on any atom is 0.291 e. The zero-order valence-corrected chi connectivity index (χ0v) is 14.1. The zero-order valence-electron chi connectivity index (χ0n) is 12.5. The van der Waals surface area contributed by atoms with Crippen LogP contribution in [0.3, 0.4) is 0 Å². The van der Waals surface area contributed by atoms with Crippen molar-refractivity contribution in [2.75, 3.05) is 23.9 Å². The first-order chi connectivity index (χ1) is 11.1. The molecule has 3 rings (SSSR count). The number of anilines is 2. The molecule has 2 aromatic rings. The van der Waals surface area contributed by atoms with Gasteiger partial charge in [-0.25, -0.2) is 0 Å². The Bertz CT molecular complexity index is 756. The molecule has 1 fully saturated rings. The summed E-state index contributed by atoms with van der Waals surface area (Å²) in [7, 11) is 1.55. The molecule has 1 aromatic heterocycles. The predicted molar refractivity (Wildman–Crippen MR) is 88.9 cm³/mol. The van der Waals surface area contributed by atoms with Gasteiger partial charge in [0.15, 0.2) is 10.4 Å². The van der Waals surface area contributed by atoms with Crippen LogP contribution in [-0.2, 0) is 4.79 Å². The van der Waals surface area contributed by atoms with Crippen molar-refractivity contribution in [1.29, 1.82) is 0 Å². The SMILES string of the molecule is COc1ccc(NC(=O)c2ccc(Br)o2)cc1N1CCCC1=O. The van der Waals surface area contributed by atoms with Gasteiger partial charge in [0.25, 0.3) is 5.91 Å². The van der Waals surface area contributed by atoms with Gasteiger partial charge in [0.05, 0.1) is 12.8 Å². The third-order valence-corrected chi connectivity index (χ3v) is 4.02. The summed E-state index contributed by atoms with van der Waals surface area (Å²) in [5.41, 5.74) is 1.23. The second-order valence-electron chi connectivity index (χ2n) is 5.09. The Labute approximate surface area is 141 Å². The van der Waals surface area contributed by atoms with Crippen LogP contribution in [0.5, 0.6) is 5.75 Å². The van der Waals surface area contributed by atoms with Gasteiger partial charge in [-0.15, -0.1) is 0 Å². The average Bonchev–Trinajstić information content (AvgIpc) is 3.15. The number of hydrogen-bond acceptors (Lipinski definition) is 4. The molecule has 2 amide bonds. The van der Waals surface area contributed by atoms with Crippen molar-refractivity contribution >= 4 is 39.1 Å². The lowest BCUT2D eigenvalue weighted by Gasteiger charge is -2.20. The number of carbonyl (C=O) groups excluding carboxylic acids is 2. The lowest BCUT2D eigenvalue weighted by molar-refractivity contribution is -0.117. The maximum absolute atomic E-state index is 12.1. The van der Waals surface area contributed by atoms with Crippen LogP contribution in [0, 0.1) is 0 Å². The van der Waals surface area contributed by atoms with Gasteiger partial charge < -0.3 is 19.4 Å². The van der Waals surface area contributed by atoms with Gasteiger partial charge in [-0.1, -0.05) is 0 Å². The molecule has 0 aliphatic carbocycles. The molecule has 23 heavy (non-hydrogen) atoms. The highest BCUT2D eigenvalue weighted by Gasteiger charge is 2.25. The third-order valence-electron chi connectivity index (χ3n) is 3.60. The molecule has 120 valence electrons. The zero-order chi connectivity index (χ0) is 16.4. The number of carbonyl (C=O) groups is 2. The first-order valence-corrected chi connectivity index (χ1v) is 7.93. The van der Waals surface area contributed by atoms with Crippen molar-refractivity contribution in [3.63, 3.8) is 0 Å². The number of furan rings is 1. The van der Waals surface area contributed by atoms with Crippen molar-refractivity contribution in [2.24, 2.45) is 0 Å². The molecule has 1 saturated heterocycles. The molecule has 0 bridgehead atoms. The number of hydrogen-bond donors (Lipinski definition) is 1. The van der Waals surface area contributed by atoms with E-state index in [1.54, 1.807) is 42.3 Å². The van der Waals surface area contributed by atoms with Crippen molar-refractivity contribution in [1.82, 2.24) is 0 Å². The Hall–Kier alpha value is -2.28. The van der Waals surface area contributed by atoms with E-state index in [9.17, 15) is 9.59 Å². The largest absolute Gasteiger partial charge is 0.495 e. The standard InChI is InChI=1S/C16H15BrN2O4/c1-22-12-5-4-10(9-11(12)19-8-2-3-15(19)20)18-16(21)13-6-7-14(17)23-13/h4-7,9H,2-3,8H2,1H3,(H,18,21). The number of benzene rings is 1. The molecular weight excluding hydrogens is 364 g/mol. The maximum atomic E-state index is 12.1. The molecule has 6 nitrogen and oxygen atoms in total. The van der Waals surface area contributed by atoms with Crippen LogP contribution in [0.4, 0.5) is 11.4 Å². The van der Waals surface area contributed by atoms with Crippen LogP contribution in [0.1, 0.15) is 23.4 Å². The number of rotatable bonds is 4. The average molecular weight is 379 g/mol. The monoisotopic (exact) mass is 378 g/mol. The van der Waals surface area contributed by atoms with Gasteiger partial charge in [0, 0.05) is 18.7 Å². The van der Waals surface area contributed by atoms with Crippen LogP contribution in [0.2, 0.25) is 0 Å². The fourth-order valence-electron chi connectivity index (χ4n) is 2.51. The van der Waals surface area contributed by atoms with E-state index in [-0.39, 0.29) is 17.6 Å². The summed E-state index contributed by atoms with van der Waals surface area (Å²) in [6.07, 6.45) is 1.35. The van der Waals surface area contributed by atoms with Crippen LogP contribution < -0.4 is 15.0 Å². The third kappa shape index (κ3) is 3.24. The van der Waals surface area contributed by atoms with E-state index in [2.05, 4.69) is 21.2 Å². The van der Waals surface area contributed by atoms with Crippen LogP contribution in [-0.4, -0.2) is 25.5 Å². The van der Waals surface area contributed by atoms with E-state index < -0.39 is 0 Å². The molecule has 7 heteroatoms. The van der Waals surface area contributed by atoms with E-state index in [0.717, 1.165) is 6.42 Å². The summed E-state index contributed by atoms with van der Waals surface area (Å²) in [4.78, 5) is 25.8. The Morgan fingerprint density at radius 1 is 1.35 bits per heavy atom. The fraction of sp³-hybridized carbons (Fsp3) is 0.250. The Morgan fingerprint density at radius 2 is 2.17 bits per heavy atom. The highest BCUT2D eigenvalue weighted by atomic mass is 79.9. The minimum Gasteiger partial charge on any atom is -0.495 e. The molecule has 0 radical (unpaired) electrons. The number of methoxy groups -OCH3 is 1. The Morgan fingerprint density at radius 3 is 2.78 bits per heavy atom. The summed E-state index contributed by atoms with van der Waals surface area (Å²) in [5, 5.41) is 2.75.